The Morgan fingerprint density at radius 3 is 2.17 bits per heavy atom. The van der Waals surface area contributed by atoms with Gasteiger partial charge in [-0.25, -0.2) is 13.1 Å². The second-order valence-corrected chi connectivity index (χ2v) is 8.96. The Bertz CT molecular complexity index is 1220. The smallest absolute Gasteiger partial charge is 0.240 e. The maximum Gasteiger partial charge on any atom is 0.240 e. The summed E-state index contributed by atoms with van der Waals surface area (Å²) in [6.07, 6.45) is 1.91. The minimum Gasteiger partial charge on any atom is -0.267 e. The molecule has 30 heavy (non-hydrogen) atoms. The molecule has 0 amide bonds. The van der Waals surface area contributed by atoms with Crippen molar-refractivity contribution in [1.82, 2.24) is 14.5 Å². The van der Waals surface area contributed by atoms with Gasteiger partial charge in [0.25, 0.3) is 0 Å². The number of sulfonamides is 1. The lowest BCUT2D eigenvalue weighted by Crippen LogP contribution is -2.23. The first-order valence-corrected chi connectivity index (χ1v) is 11.2. The first-order valence-electron chi connectivity index (χ1n) is 9.73. The van der Waals surface area contributed by atoms with Gasteiger partial charge in [-0.1, -0.05) is 78.4 Å². The van der Waals surface area contributed by atoms with Crippen LogP contribution in [0.25, 0.3) is 11.3 Å². The lowest BCUT2D eigenvalue weighted by atomic mass is 10.1. The average Bonchev–Trinajstić information content (AvgIpc) is 3.17. The van der Waals surface area contributed by atoms with Crippen molar-refractivity contribution >= 4 is 10.0 Å². The fourth-order valence-corrected chi connectivity index (χ4v) is 4.26. The van der Waals surface area contributed by atoms with Crippen LogP contribution in [0.15, 0.2) is 96.0 Å². The Morgan fingerprint density at radius 1 is 0.867 bits per heavy atom. The van der Waals surface area contributed by atoms with Crippen LogP contribution >= 0.6 is 0 Å². The first-order chi connectivity index (χ1) is 14.5. The predicted molar refractivity (Wildman–Crippen MR) is 118 cm³/mol. The van der Waals surface area contributed by atoms with Crippen molar-refractivity contribution in [2.24, 2.45) is 0 Å². The highest BCUT2D eigenvalue weighted by molar-refractivity contribution is 7.89. The molecule has 0 spiro atoms. The lowest BCUT2D eigenvalue weighted by molar-refractivity contribution is 0.581. The Morgan fingerprint density at radius 2 is 1.50 bits per heavy atom. The molecular formula is C24H23N3O2S. The fraction of sp³-hybridized carbons (Fsp3) is 0.125. The van der Waals surface area contributed by atoms with Crippen molar-refractivity contribution in [1.29, 1.82) is 0 Å². The summed E-state index contributed by atoms with van der Waals surface area (Å²) in [7, 11) is -3.61. The van der Waals surface area contributed by atoms with E-state index in [0.717, 1.165) is 27.9 Å². The summed E-state index contributed by atoms with van der Waals surface area (Å²) in [5, 5.41) is 4.74. The second kappa shape index (κ2) is 8.65. The fourth-order valence-electron chi connectivity index (χ4n) is 3.26. The van der Waals surface area contributed by atoms with Crippen LogP contribution in [0.2, 0.25) is 0 Å². The highest BCUT2D eigenvalue weighted by Crippen LogP contribution is 2.23. The molecule has 0 aliphatic rings. The van der Waals surface area contributed by atoms with E-state index in [-0.39, 0.29) is 11.4 Å². The van der Waals surface area contributed by atoms with Crippen LogP contribution < -0.4 is 4.72 Å². The number of hydrogen-bond acceptors (Lipinski definition) is 3. The zero-order valence-electron chi connectivity index (χ0n) is 16.7. The zero-order chi connectivity index (χ0) is 21.0. The Balaban J connectivity index is 1.61. The summed E-state index contributed by atoms with van der Waals surface area (Å²) in [5.41, 5.74) is 4.70. The van der Waals surface area contributed by atoms with E-state index < -0.39 is 10.0 Å². The van der Waals surface area contributed by atoms with E-state index in [2.05, 4.69) is 4.72 Å². The van der Waals surface area contributed by atoms with Crippen LogP contribution in [0.5, 0.6) is 0 Å². The third-order valence-electron chi connectivity index (χ3n) is 4.86. The summed E-state index contributed by atoms with van der Waals surface area (Å²) in [5.74, 6) is 0. The topological polar surface area (TPSA) is 64.0 Å². The highest BCUT2D eigenvalue weighted by atomic mass is 32.2. The predicted octanol–water partition coefficient (Wildman–Crippen LogP) is 4.39. The van der Waals surface area contributed by atoms with Crippen LogP contribution in [0.3, 0.4) is 0 Å². The van der Waals surface area contributed by atoms with Crippen LogP contribution in [-0.2, 0) is 23.1 Å². The van der Waals surface area contributed by atoms with Crippen LogP contribution in [-0.4, -0.2) is 18.2 Å². The SMILES string of the molecule is Cc1ccc(S(=O)(=O)NCc2cn(Cc3ccccc3)nc2-c2ccccc2)cc1. The van der Waals surface area contributed by atoms with E-state index in [4.69, 9.17) is 5.10 Å². The van der Waals surface area contributed by atoms with E-state index in [1.165, 1.54) is 0 Å². The molecule has 5 nitrogen and oxygen atoms in total. The van der Waals surface area contributed by atoms with Gasteiger partial charge in [-0.3, -0.25) is 4.68 Å². The molecule has 0 unspecified atom stereocenters. The van der Waals surface area contributed by atoms with E-state index >= 15 is 0 Å². The highest BCUT2D eigenvalue weighted by Gasteiger charge is 2.17. The average molecular weight is 418 g/mol. The van der Waals surface area contributed by atoms with E-state index in [0.29, 0.717) is 6.54 Å². The number of rotatable bonds is 7. The molecule has 1 N–H and O–H groups in total. The standard InChI is InChI=1S/C24H23N3O2S/c1-19-12-14-23(15-13-19)30(28,29)25-16-22-18-27(17-20-8-4-2-5-9-20)26-24(22)21-10-6-3-7-11-21/h2-15,18,25H,16-17H2,1H3. The molecule has 6 heteroatoms. The molecule has 0 atom stereocenters. The van der Waals surface area contributed by atoms with Gasteiger partial charge in [0.2, 0.25) is 10.0 Å². The van der Waals surface area contributed by atoms with E-state index in [1.807, 2.05) is 78.5 Å². The third-order valence-corrected chi connectivity index (χ3v) is 6.27. The molecule has 1 heterocycles. The van der Waals surface area contributed by atoms with E-state index in [1.54, 1.807) is 24.3 Å². The number of aromatic nitrogens is 2. The molecule has 1 aromatic heterocycles. The van der Waals surface area contributed by atoms with Gasteiger partial charge >= 0.3 is 0 Å². The maximum absolute atomic E-state index is 12.7. The molecule has 152 valence electrons. The summed E-state index contributed by atoms with van der Waals surface area (Å²) in [6, 6.07) is 26.7. The van der Waals surface area contributed by atoms with Gasteiger partial charge in [-0.15, -0.1) is 0 Å². The van der Waals surface area contributed by atoms with Gasteiger partial charge in [0.05, 0.1) is 17.1 Å². The molecule has 4 aromatic rings. The minimum atomic E-state index is -3.61. The number of aryl methyl sites for hydroxylation is 1. The van der Waals surface area contributed by atoms with Crippen LogP contribution in [0.4, 0.5) is 0 Å². The largest absolute Gasteiger partial charge is 0.267 e. The van der Waals surface area contributed by atoms with Crippen molar-refractivity contribution in [2.75, 3.05) is 0 Å². The summed E-state index contributed by atoms with van der Waals surface area (Å²) >= 11 is 0. The second-order valence-electron chi connectivity index (χ2n) is 7.19. The van der Waals surface area contributed by atoms with Crippen molar-refractivity contribution in [3.05, 3.63) is 108 Å². The Labute approximate surface area is 177 Å². The van der Waals surface area contributed by atoms with Crippen molar-refractivity contribution in [3.8, 4) is 11.3 Å². The van der Waals surface area contributed by atoms with Gasteiger partial charge in [-0.2, -0.15) is 5.10 Å². The molecular weight excluding hydrogens is 394 g/mol. The van der Waals surface area contributed by atoms with Crippen molar-refractivity contribution < 1.29 is 8.42 Å². The third kappa shape index (κ3) is 4.67. The number of benzene rings is 3. The normalized spacial score (nSPS) is 11.5. The van der Waals surface area contributed by atoms with Crippen LogP contribution in [0, 0.1) is 6.92 Å². The Hall–Kier alpha value is -3.22. The number of nitrogens with zero attached hydrogens (tertiary/aromatic N) is 2. The van der Waals surface area contributed by atoms with Gasteiger partial charge in [0.15, 0.2) is 0 Å². The monoisotopic (exact) mass is 417 g/mol. The van der Waals surface area contributed by atoms with Gasteiger partial charge < -0.3 is 0 Å². The minimum absolute atomic E-state index is 0.162. The molecule has 0 saturated carbocycles. The molecule has 0 saturated heterocycles. The van der Waals surface area contributed by atoms with Gasteiger partial charge in [-0.05, 0) is 24.6 Å². The molecule has 0 radical (unpaired) electrons. The number of nitrogens with one attached hydrogen (secondary N) is 1. The molecule has 4 rings (SSSR count). The molecule has 3 aromatic carbocycles. The van der Waals surface area contributed by atoms with E-state index in [9.17, 15) is 8.42 Å². The summed E-state index contributed by atoms with van der Waals surface area (Å²) < 4.78 is 30.0. The van der Waals surface area contributed by atoms with Gasteiger partial charge in [0.1, 0.15) is 0 Å². The Kier molecular flexibility index (Phi) is 5.79. The molecule has 0 fully saturated rings. The molecule has 0 aliphatic carbocycles. The van der Waals surface area contributed by atoms with Crippen LogP contribution in [0.1, 0.15) is 16.7 Å². The van der Waals surface area contributed by atoms with Gasteiger partial charge in [0, 0.05) is 23.9 Å². The first kappa shape index (κ1) is 20.1. The van der Waals surface area contributed by atoms with Crippen molar-refractivity contribution in [2.45, 2.75) is 24.9 Å². The zero-order valence-corrected chi connectivity index (χ0v) is 17.5. The lowest BCUT2D eigenvalue weighted by Gasteiger charge is -2.07. The van der Waals surface area contributed by atoms with Crippen molar-refractivity contribution in [3.63, 3.8) is 0 Å². The molecule has 0 bridgehead atoms. The number of hydrogen-bond donors (Lipinski definition) is 1. The quantitative estimate of drug-likeness (QED) is 0.485. The summed E-state index contributed by atoms with van der Waals surface area (Å²) in [6.45, 7) is 2.71. The molecule has 0 aliphatic heterocycles. The summed E-state index contributed by atoms with van der Waals surface area (Å²) in [4.78, 5) is 0.256. The maximum atomic E-state index is 12.7.